The van der Waals surface area contributed by atoms with Crippen LogP contribution in [0, 0.1) is 0 Å². The Balaban J connectivity index is 1.82. The van der Waals surface area contributed by atoms with Gasteiger partial charge in [-0.2, -0.15) is 11.8 Å². The molecular weight excluding hydrogens is 306 g/mol. The molecule has 1 aliphatic heterocycles. The van der Waals surface area contributed by atoms with Gasteiger partial charge in [0.25, 0.3) is 5.91 Å². The fraction of sp³-hybridized carbons (Fsp3) is 0.263. The first-order chi connectivity index (χ1) is 11.2. The summed E-state index contributed by atoms with van der Waals surface area (Å²) in [6.07, 6.45) is 0. The Hall–Kier alpha value is -2.07. The van der Waals surface area contributed by atoms with Gasteiger partial charge in [-0.15, -0.1) is 0 Å². The lowest BCUT2D eigenvalue weighted by Gasteiger charge is -2.33. The van der Waals surface area contributed by atoms with Gasteiger partial charge in [0, 0.05) is 29.7 Å². The molecule has 0 spiro atoms. The van der Waals surface area contributed by atoms with Crippen molar-refractivity contribution in [3.05, 3.63) is 71.3 Å². The van der Waals surface area contributed by atoms with E-state index in [0.29, 0.717) is 22.9 Å². The normalized spacial score (nSPS) is 17.8. The Kier molecular flexibility index (Phi) is 4.82. The van der Waals surface area contributed by atoms with Crippen LogP contribution in [0.15, 0.2) is 54.6 Å². The molecule has 118 valence electrons. The summed E-state index contributed by atoms with van der Waals surface area (Å²) in [5, 5.41) is 0.290. The van der Waals surface area contributed by atoms with Crippen molar-refractivity contribution in [1.82, 2.24) is 4.90 Å². The van der Waals surface area contributed by atoms with Crippen LogP contribution >= 0.6 is 11.8 Å². The van der Waals surface area contributed by atoms with E-state index in [1.165, 1.54) is 12.5 Å². The summed E-state index contributed by atoms with van der Waals surface area (Å²) < 4.78 is 0. The van der Waals surface area contributed by atoms with Crippen LogP contribution in [0.1, 0.15) is 38.5 Å². The quantitative estimate of drug-likeness (QED) is 0.805. The number of amides is 1. The van der Waals surface area contributed by atoms with Gasteiger partial charge in [-0.1, -0.05) is 48.5 Å². The second-order valence-corrected chi connectivity index (χ2v) is 6.93. The lowest BCUT2D eigenvalue weighted by molar-refractivity contribution is 0.0756. The van der Waals surface area contributed by atoms with E-state index in [4.69, 9.17) is 0 Å². The number of rotatable bonds is 3. The average Bonchev–Trinajstić information content (AvgIpc) is 2.62. The van der Waals surface area contributed by atoms with Crippen LogP contribution in [0.2, 0.25) is 0 Å². The Morgan fingerprint density at radius 1 is 1.00 bits per heavy atom. The van der Waals surface area contributed by atoms with Crippen molar-refractivity contribution in [1.29, 1.82) is 0 Å². The molecule has 1 saturated heterocycles. The van der Waals surface area contributed by atoms with Crippen LogP contribution in [-0.4, -0.2) is 35.4 Å². The number of ketones is 1. The number of carbonyl (C=O) groups is 2. The topological polar surface area (TPSA) is 37.4 Å². The Morgan fingerprint density at radius 3 is 2.35 bits per heavy atom. The molecule has 3 rings (SSSR count). The van der Waals surface area contributed by atoms with Crippen molar-refractivity contribution in [2.75, 3.05) is 18.8 Å². The lowest BCUT2D eigenvalue weighted by Crippen LogP contribution is -2.39. The molecule has 1 unspecified atom stereocenters. The molecule has 1 fully saturated rings. The van der Waals surface area contributed by atoms with Crippen molar-refractivity contribution in [3.63, 3.8) is 0 Å². The number of Topliss-reactive ketones (excluding diaryl/α,β-unsaturated/α-hetero) is 1. The van der Waals surface area contributed by atoms with Crippen molar-refractivity contribution in [2.24, 2.45) is 0 Å². The van der Waals surface area contributed by atoms with Gasteiger partial charge in [-0.3, -0.25) is 9.59 Å². The number of benzene rings is 2. The van der Waals surface area contributed by atoms with Crippen LogP contribution < -0.4 is 0 Å². The van der Waals surface area contributed by atoms with Crippen molar-refractivity contribution in [3.8, 4) is 0 Å². The maximum absolute atomic E-state index is 12.9. The molecule has 3 nitrogen and oxygen atoms in total. The predicted molar refractivity (Wildman–Crippen MR) is 94.0 cm³/mol. The molecule has 0 aromatic heterocycles. The monoisotopic (exact) mass is 325 g/mol. The number of hydrogen-bond acceptors (Lipinski definition) is 3. The Labute approximate surface area is 140 Å². The molecule has 0 radical (unpaired) electrons. The van der Waals surface area contributed by atoms with Gasteiger partial charge in [0.1, 0.15) is 0 Å². The molecule has 2 aromatic rings. The largest absolute Gasteiger partial charge is 0.336 e. The van der Waals surface area contributed by atoms with Crippen molar-refractivity contribution in [2.45, 2.75) is 12.2 Å². The van der Waals surface area contributed by atoms with Gasteiger partial charge in [0.2, 0.25) is 0 Å². The zero-order valence-electron chi connectivity index (χ0n) is 13.1. The van der Waals surface area contributed by atoms with E-state index in [1.54, 1.807) is 18.2 Å². The molecule has 0 saturated carbocycles. The van der Waals surface area contributed by atoms with Crippen LogP contribution in [0.5, 0.6) is 0 Å². The minimum atomic E-state index is -0.0695. The molecule has 23 heavy (non-hydrogen) atoms. The minimum absolute atomic E-state index is 0.0444. The third-order valence-corrected chi connectivity index (χ3v) is 5.30. The van der Waals surface area contributed by atoms with Crippen LogP contribution in [0.4, 0.5) is 0 Å². The summed E-state index contributed by atoms with van der Waals surface area (Å²) in [5.74, 6) is 0.796. The molecule has 1 aliphatic rings. The number of thioether (sulfide) groups is 1. The van der Waals surface area contributed by atoms with E-state index in [-0.39, 0.29) is 11.7 Å². The van der Waals surface area contributed by atoms with E-state index in [2.05, 4.69) is 12.1 Å². The first kappa shape index (κ1) is 15.8. The zero-order chi connectivity index (χ0) is 16.2. The molecule has 0 aliphatic carbocycles. The zero-order valence-corrected chi connectivity index (χ0v) is 13.9. The van der Waals surface area contributed by atoms with Crippen LogP contribution in [0.25, 0.3) is 0 Å². The maximum atomic E-state index is 12.9. The lowest BCUT2D eigenvalue weighted by atomic mass is 10.0. The fourth-order valence-corrected chi connectivity index (χ4v) is 4.10. The minimum Gasteiger partial charge on any atom is -0.336 e. The second kappa shape index (κ2) is 7.01. The highest BCUT2D eigenvalue weighted by atomic mass is 32.2. The highest BCUT2D eigenvalue weighted by molar-refractivity contribution is 7.99. The second-order valence-electron chi connectivity index (χ2n) is 5.62. The van der Waals surface area contributed by atoms with Crippen LogP contribution in [-0.2, 0) is 0 Å². The van der Waals surface area contributed by atoms with Gasteiger partial charge >= 0.3 is 0 Å². The first-order valence-electron chi connectivity index (χ1n) is 7.72. The van der Waals surface area contributed by atoms with Gasteiger partial charge in [0.15, 0.2) is 5.78 Å². The van der Waals surface area contributed by atoms with Gasteiger partial charge in [0.05, 0.1) is 5.56 Å². The SMILES string of the molecule is CC(=O)c1ccccc1C(=O)N1CCSC(c2ccccc2)C1. The summed E-state index contributed by atoms with van der Waals surface area (Å²) in [4.78, 5) is 26.5. The summed E-state index contributed by atoms with van der Waals surface area (Å²) in [7, 11) is 0. The third kappa shape index (κ3) is 3.48. The van der Waals surface area contributed by atoms with Crippen molar-refractivity contribution < 1.29 is 9.59 Å². The molecule has 4 heteroatoms. The van der Waals surface area contributed by atoms with E-state index in [9.17, 15) is 9.59 Å². The number of hydrogen-bond donors (Lipinski definition) is 0. The predicted octanol–water partition coefficient (Wildman–Crippen LogP) is 3.82. The molecule has 1 heterocycles. The average molecular weight is 325 g/mol. The molecule has 2 aromatic carbocycles. The summed E-state index contributed by atoms with van der Waals surface area (Å²) in [6.45, 7) is 2.91. The number of carbonyl (C=O) groups excluding carboxylic acids is 2. The summed E-state index contributed by atoms with van der Waals surface area (Å²) in [5.41, 5.74) is 2.26. The van der Waals surface area contributed by atoms with E-state index < -0.39 is 0 Å². The molecular formula is C19H19NO2S. The van der Waals surface area contributed by atoms with E-state index in [0.717, 1.165) is 12.3 Å². The van der Waals surface area contributed by atoms with Crippen molar-refractivity contribution >= 4 is 23.5 Å². The Morgan fingerprint density at radius 2 is 1.65 bits per heavy atom. The highest BCUT2D eigenvalue weighted by Crippen LogP contribution is 2.33. The molecule has 0 N–H and O–H groups in total. The summed E-state index contributed by atoms with van der Waals surface area (Å²) >= 11 is 1.88. The maximum Gasteiger partial charge on any atom is 0.254 e. The molecule has 0 bridgehead atoms. The van der Waals surface area contributed by atoms with Gasteiger partial charge in [-0.25, -0.2) is 0 Å². The smallest absolute Gasteiger partial charge is 0.254 e. The molecule has 1 atom stereocenters. The number of nitrogens with zero attached hydrogens (tertiary/aromatic N) is 1. The van der Waals surface area contributed by atoms with E-state index in [1.807, 2.05) is 40.9 Å². The standard InChI is InChI=1S/C19H19NO2S/c1-14(21)16-9-5-6-10-17(16)19(22)20-11-12-23-18(13-20)15-7-3-2-4-8-15/h2-10,18H,11-13H2,1H3. The fourth-order valence-electron chi connectivity index (χ4n) is 2.85. The van der Waals surface area contributed by atoms with Gasteiger partial charge < -0.3 is 4.90 Å². The van der Waals surface area contributed by atoms with Crippen LogP contribution in [0.3, 0.4) is 0 Å². The van der Waals surface area contributed by atoms with Gasteiger partial charge in [-0.05, 0) is 18.6 Å². The van der Waals surface area contributed by atoms with E-state index >= 15 is 0 Å². The molecule has 1 amide bonds. The highest BCUT2D eigenvalue weighted by Gasteiger charge is 2.27. The first-order valence-corrected chi connectivity index (χ1v) is 8.77. The Bertz CT molecular complexity index is 714. The summed E-state index contributed by atoms with van der Waals surface area (Å²) in [6, 6.07) is 17.4. The third-order valence-electron chi connectivity index (χ3n) is 4.06.